The minimum Gasteiger partial charge on any atom is -0.456 e. The van der Waals surface area contributed by atoms with Crippen molar-refractivity contribution in [1.29, 1.82) is 0 Å². The smallest absolute Gasteiger partial charge is 0.338 e. The van der Waals surface area contributed by atoms with Crippen LogP contribution in [0, 0.1) is 6.92 Å². The molecule has 0 bridgehead atoms. The lowest BCUT2D eigenvalue weighted by atomic mass is 10.00. The lowest BCUT2D eigenvalue weighted by molar-refractivity contribution is 0.00694. The number of nitrogens with two attached hydrogens (primary N) is 1. The Labute approximate surface area is 103 Å². The second kappa shape index (κ2) is 4.88. The molecule has 0 aliphatic rings. The average Bonchev–Trinajstić information content (AvgIpc) is 2.14. The van der Waals surface area contributed by atoms with E-state index in [4.69, 9.17) is 10.5 Å². The molecule has 0 fully saturated rings. The summed E-state index contributed by atoms with van der Waals surface area (Å²) in [6.07, 6.45) is 0. The molecule has 0 aromatic heterocycles. The predicted octanol–water partition coefficient (Wildman–Crippen LogP) is 2.97. The second-order valence-electron chi connectivity index (χ2n) is 5.36. The number of benzene rings is 1. The third-order valence-electron chi connectivity index (χ3n) is 2.40. The topological polar surface area (TPSA) is 52.3 Å². The summed E-state index contributed by atoms with van der Waals surface area (Å²) in [6.45, 7) is 9.45. The predicted molar refractivity (Wildman–Crippen MR) is 68.9 cm³/mol. The number of carbonyl (C=O) groups excluding carboxylic acids is 1. The van der Waals surface area contributed by atoms with Crippen LogP contribution in [0.3, 0.4) is 0 Å². The van der Waals surface area contributed by atoms with Crippen LogP contribution in [-0.2, 0) is 4.74 Å². The minimum absolute atomic E-state index is 0.0858. The van der Waals surface area contributed by atoms with Crippen LogP contribution in [0.5, 0.6) is 0 Å². The molecule has 94 valence electrons. The fraction of sp³-hybridized carbons (Fsp3) is 0.500. The average molecular weight is 235 g/mol. The first-order valence-electron chi connectivity index (χ1n) is 5.80. The van der Waals surface area contributed by atoms with Gasteiger partial charge in [0.25, 0.3) is 0 Å². The number of esters is 1. The molecule has 0 amide bonds. The summed E-state index contributed by atoms with van der Waals surface area (Å²) < 4.78 is 5.32. The van der Waals surface area contributed by atoms with E-state index in [0.717, 1.165) is 11.1 Å². The van der Waals surface area contributed by atoms with Gasteiger partial charge in [-0.3, -0.25) is 0 Å². The Bertz CT molecular complexity index is 417. The third-order valence-corrected chi connectivity index (χ3v) is 2.40. The van der Waals surface area contributed by atoms with Crippen LogP contribution in [0.15, 0.2) is 18.2 Å². The number of hydrogen-bond acceptors (Lipinski definition) is 3. The first kappa shape index (κ1) is 13.7. The van der Waals surface area contributed by atoms with Gasteiger partial charge < -0.3 is 10.5 Å². The maximum Gasteiger partial charge on any atom is 0.338 e. The van der Waals surface area contributed by atoms with Crippen molar-refractivity contribution >= 4 is 5.97 Å². The zero-order valence-corrected chi connectivity index (χ0v) is 11.2. The minimum atomic E-state index is -0.476. The fourth-order valence-electron chi connectivity index (χ4n) is 1.60. The molecule has 0 aliphatic heterocycles. The van der Waals surface area contributed by atoms with Crippen molar-refractivity contribution < 1.29 is 9.53 Å². The largest absolute Gasteiger partial charge is 0.456 e. The van der Waals surface area contributed by atoms with Crippen molar-refractivity contribution in [2.24, 2.45) is 5.73 Å². The molecule has 0 saturated carbocycles. The molecule has 0 aliphatic carbocycles. The Morgan fingerprint density at radius 2 is 1.94 bits per heavy atom. The van der Waals surface area contributed by atoms with E-state index in [2.05, 4.69) is 0 Å². The Balaban J connectivity index is 3.00. The van der Waals surface area contributed by atoms with Crippen LogP contribution in [0.4, 0.5) is 0 Å². The molecule has 1 unspecified atom stereocenters. The highest BCUT2D eigenvalue weighted by molar-refractivity contribution is 5.90. The zero-order chi connectivity index (χ0) is 13.2. The van der Waals surface area contributed by atoms with Gasteiger partial charge >= 0.3 is 5.97 Å². The number of ether oxygens (including phenoxy) is 1. The molecule has 2 N–H and O–H groups in total. The van der Waals surface area contributed by atoms with Crippen molar-refractivity contribution in [3.63, 3.8) is 0 Å². The summed E-state index contributed by atoms with van der Waals surface area (Å²) >= 11 is 0. The first-order valence-corrected chi connectivity index (χ1v) is 5.80. The van der Waals surface area contributed by atoms with Crippen LogP contribution in [0.1, 0.15) is 55.2 Å². The highest BCUT2D eigenvalue weighted by atomic mass is 16.6. The van der Waals surface area contributed by atoms with Gasteiger partial charge in [-0.15, -0.1) is 0 Å². The molecular formula is C14H21NO2. The molecule has 0 spiro atoms. The van der Waals surface area contributed by atoms with Crippen LogP contribution in [0.25, 0.3) is 0 Å². The second-order valence-corrected chi connectivity index (χ2v) is 5.36. The summed E-state index contributed by atoms with van der Waals surface area (Å²) in [5, 5.41) is 0. The van der Waals surface area contributed by atoms with Crippen molar-refractivity contribution in [1.82, 2.24) is 0 Å². The Kier molecular flexibility index (Phi) is 3.94. The van der Waals surface area contributed by atoms with E-state index in [1.165, 1.54) is 0 Å². The molecule has 3 nitrogen and oxygen atoms in total. The van der Waals surface area contributed by atoms with Crippen molar-refractivity contribution in [2.75, 3.05) is 0 Å². The Hall–Kier alpha value is -1.35. The van der Waals surface area contributed by atoms with Crippen molar-refractivity contribution in [3.8, 4) is 0 Å². The summed E-state index contributed by atoms with van der Waals surface area (Å²) in [5.41, 5.74) is 8.01. The molecule has 0 heterocycles. The van der Waals surface area contributed by atoms with E-state index in [-0.39, 0.29) is 12.0 Å². The number of rotatable bonds is 2. The SMILES string of the molecule is Cc1ccc(C(=O)OC(C)(C)C)cc1C(C)N. The van der Waals surface area contributed by atoms with Gasteiger partial charge in [0.15, 0.2) is 0 Å². The number of carbonyl (C=O) groups is 1. The van der Waals surface area contributed by atoms with Gasteiger partial charge in [-0.2, -0.15) is 0 Å². The van der Waals surface area contributed by atoms with Gasteiger partial charge in [-0.05, 0) is 57.9 Å². The molecular weight excluding hydrogens is 214 g/mol. The van der Waals surface area contributed by atoms with Crippen LogP contribution >= 0.6 is 0 Å². The van der Waals surface area contributed by atoms with Crippen LogP contribution < -0.4 is 5.73 Å². The summed E-state index contributed by atoms with van der Waals surface area (Å²) in [5.74, 6) is -0.306. The van der Waals surface area contributed by atoms with Gasteiger partial charge in [-0.1, -0.05) is 6.07 Å². The first-order chi connectivity index (χ1) is 7.70. The van der Waals surface area contributed by atoms with E-state index in [1.807, 2.05) is 46.8 Å². The van der Waals surface area contributed by atoms with Crippen LogP contribution in [0.2, 0.25) is 0 Å². The van der Waals surface area contributed by atoms with Crippen LogP contribution in [-0.4, -0.2) is 11.6 Å². The normalized spacial score (nSPS) is 13.3. The molecule has 3 heteroatoms. The maximum atomic E-state index is 11.9. The van der Waals surface area contributed by atoms with E-state index >= 15 is 0 Å². The third kappa shape index (κ3) is 3.86. The van der Waals surface area contributed by atoms with Gasteiger partial charge in [0.2, 0.25) is 0 Å². The standard InChI is InChI=1S/C14H21NO2/c1-9-6-7-11(8-12(9)10(2)15)13(16)17-14(3,4)5/h6-8,10H,15H2,1-5H3. The van der Waals surface area contributed by atoms with Crippen molar-refractivity contribution in [3.05, 3.63) is 34.9 Å². The molecule has 0 saturated heterocycles. The molecule has 1 rings (SSSR count). The fourth-order valence-corrected chi connectivity index (χ4v) is 1.60. The van der Waals surface area contributed by atoms with Crippen molar-refractivity contribution in [2.45, 2.75) is 46.3 Å². The molecule has 1 aromatic carbocycles. The number of aryl methyl sites for hydroxylation is 1. The lowest BCUT2D eigenvalue weighted by Crippen LogP contribution is -2.24. The molecule has 1 atom stereocenters. The van der Waals surface area contributed by atoms with E-state index < -0.39 is 5.60 Å². The number of hydrogen-bond donors (Lipinski definition) is 1. The highest BCUT2D eigenvalue weighted by Crippen LogP contribution is 2.19. The Morgan fingerprint density at radius 3 is 2.41 bits per heavy atom. The monoisotopic (exact) mass is 235 g/mol. The molecule has 1 aromatic rings. The summed E-state index contributed by atoms with van der Waals surface area (Å²) in [4.78, 5) is 11.9. The van der Waals surface area contributed by atoms with Gasteiger partial charge in [-0.25, -0.2) is 4.79 Å². The van der Waals surface area contributed by atoms with Gasteiger partial charge in [0.05, 0.1) is 5.56 Å². The summed E-state index contributed by atoms with van der Waals surface area (Å²) in [6, 6.07) is 5.40. The van der Waals surface area contributed by atoms with E-state index in [9.17, 15) is 4.79 Å². The maximum absolute atomic E-state index is 11.9. The van der Waals surface area contributed by atoms with E-state index in [1.54, 1.807) is 6.07 Å². The van der Waals surface area contributed by atoms with Gasteiger partial charge in [0, 0.05) is 6.04 Å². The highest BCUT2D eigenvalue weighted by Gasteiger charge is 2.18. The summed E-state index contributed by atoms with van der Waals surface area (Å²) in [7, 11) is 0. The Morgan fingerprint density at radius 1 is 1.35 bits per heavy atom. The van der Waals surface area contributed by atoms with E-state index in [0.29, 0.717) is 5.56 Å². The quantitative estimate of drug-likeness (QED) is 0.802. The van der Waals surface area contributed by atoms with Gasteiger partial charge in [0.1, 0.15) is 5.60 Å². The zero-order valence-electron chi connectivity index (χ0n) is 11.2. The lowest BCUT2D eigenvalue weighted by Gasteiger charge is -2.20. The molecule has 17 heavy (non-hydrogen) atoms. The molecule has 0 radical (unpaired) electrons.